The van der Waals surface area contributed by atoms with Crippen LogP contribution in [-0.4, -0.2) is 28.7 Å². The number of para-hydroxylation sites is 1. The van der Waals surface area contributed by atoms with Crippen molar-refractivity contribution in [2.45, 2.75) is 11.4 Å². The molecule has 0 saturated carbocycles. The average Bonchev–Trinajstić information content (AvgIpc) is 3.18. The highest BCUT2D eigenvalue weighted by molar-refractivity contribution is 8.00. The van der Waals surface area contributed by atoms with Crippen molar-refractivity contribution in [2.75, 3.05) is 17.6 Å². The number of amides is 2. The molecule has 2 N–H and O–H groups in total. The van der Waals surface area contributed by atoms with Crippen LogP contribution in [0.2, 0.25) is 10.0 Å². The van der Waals surface area contributed by atoms with E-state index in [9.17, 15) is 9.59 Å². The molecule has 5 nitrogen and oxygen atoms in total. The van der Waals surface area contributed by atoms with Gasteiger partial charge in [-0.05, 0) is 36.4 Å². The van der Waals surface area contributed by atoms with Gasteiger partial charge in [0, 0.05) is 46.3 Å². The van der Waals surface area contributed by atoms with Crippen LogP contribution in [0.25, 0.3) is 10.9 Å². The molecule has 33 heavy (non-hydrogen) atoms. The van der Waals surface area contributed by atoms with Crippen molar-refractivity contribution in [2.24, 2.45) is 0 Å². The molecule has 0 saturated heterocycles. The molecule has 0 aliphatic carbocycles. The third-order valence-corrected chi connectivity index (χ3v) is 6.77. The van der Waals surface area contributed by atoms with Gasteiger partial charge in [0.25, 0.3) is 5.91 Å². The average molecular weight is 498 g/mol. The number of halogens is 2. The van der Waals surface area contributed by atoms with E-state index >= 15 is 0 Å². The van der Waals surface area contributed by atoms with Crippen LogP contribution >= 0.6 is 35.0 Å². The summed E-state index contributed by atoms with van der Waals surface area (Å²) in [6, 6.07) is 22.2. The molecule has 3 aromatic carbocycles. The summed E-state index contributed by atoms with van der Waals surface area (Å²) in [5.74, 6) is 0.0184. The van der Waals surface area contributed by atoms with Gasteiger partial charge in [-0.25, -0.2) is 0 Å². The Labute approximate surface area is 206 Å². The minimum atomic E-state index is -0.134. The van der Waals surface area contributed by atoms with Crippen LogP contribution < -0.4 is 10.6 Å². The molecule has 0 fully saturated rings. The van der Waals surface area contributed by atoms with Crippen LogP contribution in [0.3, 0.4) is 0 Å². The monoisotopic (exact) mass is 497 g/mol. The Balaban J connectivity index is 1.38. The molecule has 0 unspecified atom stereocenters. The van der Waals surface area contributed by atoms with Gasteiger partial charge in [-0.3, -0.25) is 9.59 Å². The number of hydrogen-bond acceptors (Lipinski definition) is 3. The molecule has 1 heterocycles. The predicted octanol–water partition coefficient (Wildman–Crippen LogP) is 6.11. The van der Waals surface area contributed by atoms with Crippen LogP contribution in [0.5, 0.6) is 0 Å². The number of carbonyl (C=O) groups is 2. The fraction of sp³-hybridized carbons (Fsp3) is 0.120. The third kappa shape index (κ3) is 5.90. The molecule has 2 amide bonds. The lowest BCUT2D eigenvalue weighted by Gasteiger charge is -2.07. The first kappa shape index (κ1) is 23.2. The number of hydrogen-bond donors (Lipinski definition) is 2. The standard InChI is InChI=1S/C25H21Cl2N3O2S/c26-20-11-10-18(14-21(20)27)29-24(31)16-33-23-15-30(22-9-5-4-8-19(22)23)13-12-28-25(32)17-6-2-1-3-7-17/h1-11,14-15H,12-13,16H2,(H,28,32)(H,29,31). The molecule has 4 aromatic rings. The van der Waals surface area contributed by atoms with Crippen molar-refractivity contribution < 1.29 is 9.59 Å². The summed E-state index contributed by atoms with van der Waals surface area (Å²) in [6.07, 6.45) is 2.02. The van der Waals surface area contributed by atoms with Crippen LogP contribution in [-0.2, 0) is 11.3 Å². The lowest BCUT2D eigenvalue weighted by atomic mass is 10.2. The van der Waals surface area contributed by atoms with Gasteiger partial charge < -0.3 is 15.2 Å². The highest BCUT2D eigenvalue weighted by Crippen LogP contribution is 2.30. The third-order valence-electron chi connectivity index (χ3n) is 4.99. The Morgan fingerprint density at radius 1 is 0.909 bits per heavy atom. The molecule has 0 aliphatic rings. The molecule has 0 spiro atoms. The highest BCUT2D eigenvalue weighted by atomic mass is 35.5. The van der Waals surface area contributed by atoms with Gasteiger partial charge in [0.15, 0.2) is 0 Å². The van der Waals surface area contributed by atoms with Gasteiger partial charge in [-0.1, -0.05) is 59.6 Å². The van der Waals surface area contributed by atoms with E-state index in [1.54, 1.807) is 30.3 Å². The minimum absolute atomic E-state index is 0.0966. The van der Waals surface area contributed by atoms with E-state index < -0.39 is 0 Å². The van der Waals surface area contributed by atoms with E-state index in [0.717, 1.165) is 15.8 Å². The number of nitrogens with one attached hydrogen (secondary N) is 2. The summed E-state index contributed by atoms with van der Waals surface area (Å²) < 4.78 is 2.10. The van der Waals surface area contributed by atoms with Gasteiger partial charge in [-0.15, -0.1) is 11.8 Å². The quantitative estimate of drug-likeness (QED) is 0.288. The maximum atomic E-state index is 12.4. The van der Waals surface area contributed by atoms with Gasteiger partial charge in [0.05, 0.1) is 15.8 Å². The van der Waals surface area contributed by atoms with E-state index in [1.807, 2.05) is 48.7 Å². The largest absolute Gasteiger partial charge is 0.350 e. The second-order valence-corrected chi connectivity index (χ2v) is 9.12. The summed E-state index contributed by atoms with van der Waals surface area (Å²) in [7, 11) is 0. The smallest absolute Gasteiger partial charge is 0.251 e. The lowest BCUT2D eigenvalue weighted by Crippen LogP contribution is -2.26. The molecular weight excluding hydrogens is 477 g/mol. The first-order valence-electron chi connectivity index (χ1n) is 10.3. The van der Waals surface area contributed by atoms with E-state index in [2.05, 4.69) is 15.2 Å². The van der Waals surface area contributed by atoms with Crippen LogP contribution in [0, 0.1) is 0 Å². The van der Waals surface area contributed by atoms with Crippen LogP contribution in [0.15, 0.2) is 83.9 Å². The maximum absolute atomic E-state index is 12.4. The van der Waals surface area contributed by atoms with E-state index in [4.69, 9.17) is 23.2 Å². The Kier molecular flexibility index (Phi) is 7.60. The van der Waals surface area contributed by atoms with E-state index in [1.165, 1.54) is 11.8 Å². The van der Waals surface area contributed by atoms with Crippen molar-refractivity contribution in [1.29, 1.82) is 0 Å². The van der Waals surface area contributed by atoms with E-state index in [-0.39, 0.29) is 17.6 Å². The summed E-state index contributed by atoms with van der Waals surface area (Å²) in [5.41, 5.74) is 2.30. The number of thioether (sulfide) groups is 1. The first-order valence-corrected chi connectivity index (χ1v) is 12.0. The SMILES string of the molecule is O=C(CSc1cn(CCNC(=O)c2ccccc2)c2ccccc12)Nc1ccc(Cl)c(Cl)c1. The van der Waals surface area contributed by atoms with Gasteiger partial charge in [0.1, 0.15) is 0 Å². The fourth-order valence-electron chi connectivity index (χ4n) is 3.41. The summed E-state index contributed by atoms with van der Waals surface area (Å²) in [5, 5.41) is 7.70. The van der Waals surface area contributed by atoms with Gasteiger partial charge in [0.2, 0.25) is 5.91 Å². The zero-order chi connectivity index (χ0) is 23.2. The van der Waals surface area contributed by atoms with Crippen molar-refractivity contribution in [3.63, 3.8) is 0 Å². The van der Waals surface area contributed by atoms with Crippen molar-refractivity contribution >= 4 is 63.4 Å². The van der Waals surface area contributed by atoms with E-state index in [0.29, 0.717) is 34.4 Å². The summed E-state index contributed by atoms with van der Waals surface area (Å²) >= 11 is 13.4. The number of anilines is 1. The topological polar surface area (TPSA) is 63.1 Å². The Hall–Kier alpha value is -2.93. The van der Waals surface area contributed by atoms with Crippen molar-refractivity contribution in [3.05, 3.63) is 94.6 Å². The first-order chi connectivity index (χ1) is 16.0. The molecule has 0 aliphatic heterocycles. The number of benzene rings is 3. The fourth-order valence-corrected chi connectivity index (χ4v) is 4.60. The number of fused-ring (bicyclic) bond motifs is 1. The lowest BCUT2D eigenvalue weighted by molar-refractivity contribution is -0.113. The molecule has 0 bridgehead atoms. The predicted molar refractivity (Wildman–Crippen MR) is 137 cm³/mol. The van der Waals surface area contributed by atoms with Crippen LogP contribution in [0.4, 0.5) is 5.69 Å². The Bertz CT molecular complexity index is 1290. The van der Waals surface area contributed by atoms with Crippen LogP contribution in [0.1, 0.15) is 10.4 Å². The molecule has 0 atom stereocenters. The molecular formula is C25H21Cl2N3O2S. The zero-order valence-electron chi connectivity index (χ0n) is 17.6. The molecule has 0 radical (unpaired) electrons. The Morgan fingerprint density at radius 3 is 2.45 bits per heavy atom. The van der Waals surface area contributed by atoms with Gasteiger partial charge in [-0.2, -0.15) is 0 Å². The minimum Gasteiger partial charge on any atom is -0.350 e. The summed E-state index contributed by atoms with van der Waals surface area (Å²) in [6.45, 7) is 1.11. The summed E-state index contributed by atoms with van der Waals surface area (Å²) in [4.78, 5) is 25.7. The number of aromatic nitrogens is 1. The Morgan fingerprint density at radius 2 is 1.67 bits per heavy atom. The number of nitrogens with zero attached hydrogens (tertiary/aromatic N) is 1. The normalized spacial score (nSPS) is 10.8. The zero-order valence-corrected chi connectivity index (χ0v) is 19.9. The van der Waals surface area contributed by atoms with Crippen molar-refractivity contribution in [3.8, 4) is 0 Å². The highest BCUT2D eigenvalue weighted by Gasteiger charge is 2.12. The second-order valence-electron chi connectivity index (χ2n) is 7.29. The number of rotatable bonds is 8. The van der Waals surface area contributed by atoms with Crippen molar-refractivity contribution in [1.82, 2.24) is 9.88 Å². The molecule has 8 heteroatoms. The maximum Gasteiger partial charge on any atom is 0.251 e. The second kappa shape index (κ2) is 10.8. The molecule has 4 rings (SSSR count). The molecule has 1 aromatic heterocycles. The molecule has 168 valence electrons. The number of carbonyl (C=O) groups excluding carboxylic acids is 2. The van der Waals surface area contributed by atoms with Gasteiger partial charge >= 0.3 is 0 Å².